The lowest BCUT2D eigenvalue weighted by atomic mass is 9.90. The number of aryl methyl sites for hydroxylation is 3. The van der Waals surface area contributed by atoms with Crippen molar-refractivity contribution in [3.63, 3.8) is 0 Å². The van der Waals surface area contributed by atoms with Gasteiger partial charge < -0.3 is 4.74 Å². The minimum atomic E-state index is -1.73. The highest BCUT2D eigenvalue weighted by Gasteiger charge is 2.37. The molecule has 3 aromatic carbocycles. The predicted molar refractivity (Wildman–Crippen MR) is 144 cm³/mol. The zero-order valence-corrected chi connectivity index (χ0v) is 22.9. The van der Waals surface area contributed by atoms with E-state index in [9.17, 15) is 0 Å². The van der Waals surface area contributed by atoms with Gasteiger partial charge in [0.15, 0.2) is 6.20 Å². The molecule has 4 heteroatoms. The van der Waals surface area contributed by atoms with Crippen molar-refractivity contribution < 1.29 is 9.30 Å². The molecule has 1 aromatic heterocycles. The molecule has 0 aliphatic carbocycles. The Kier molecular flexibility index (Phi) is 4.54. The number of benzene rings is 3. The molecule has 2 nitrogen and oxygen atoms in total. The molecular weight excluding hydrogens is 422 g/mol. The molecule has 5 rings (SSSR count). The molecule has 0 saturated carbocycles. The Balaban J connectivity index is 2.03. The lowest BCUT2D eigenvalue weighted by Gasteiger charge is -2.31. The van der Waals surface area contributed by atoms with E-state index in [0.29, 0.717) is 0 Å². The number of hydrogen-bond acceptors (Lipinski definition) is 1. The fourth-order valence-corrected chi connectivity index (χ4v) is 8.44. The van der Waals surface area contributed by atoms with E-state index in [1.165, 1.54) is 54.3 Å². The monoisotopic (exact) mass is 456 g/mol. The summed E-state index contributed by atoms with van der Waals surface area (Å²) in [5.74, 6) is 2.14. The van der Waals surface area contributed by atoms with Crippen molar-refractivity contribution in [1.82, 2.24) is 0 Å². The van der Waals surface area contributed by atoms with Gasteiger partial charge in [-0.1, -0.05) is 68.7 Å². The van der Waals surface area contributed by atoms with Gasteiger partial charge in [-0.15, -0.1) is 0 Å². The fraction of sp³-hybridized carbons (Fsp3) is 0.321. The number of ether oxygens (including phenoxy) is 1. The maximum Gasteiger partial charge on any atom is 0.228 e. The minimum Gasteiger partial charge on any atom is -0.456 e. The Bertz CT molecular complexity index is 1440. The highest BCUT2D eigenvalue weighted by atomic mass is 28.3. The molecule has 4 aromatic rings. The van der Waals surface area contributed by atoms with Crippen molar-refractivity contribution in [2.75, 3.05) is 0 Å². The third kappa shape index (κ3) is 3.00. The average molecular weight is 457 g/mol. The third-order valence-electron chi connectivity index (χ3n) is 7.02. The van der Waals surface area contributed by atoms with Crippen LogP contribution in [0.2, 0.25) is 39.3 Å². The van der Waals surface area contributed by atoms with E-state index in [4.69, 9.17) is 4.74 Å². The second-order valence-corrected chi connectivity index (χ2v) is 21.6. The third-order valence-corrected chi connectivity index (χ3v) is 11.0. The van der Waals surface area contributed by atoms with E-state index >= 15 is 0 Å². The van der Waals surface area contributed by atoms with Crippen LogP contribution in [0.4, 0.5) is 0 Å². The summed E-state index contributed by atoms with van der Waals surface area (Å²) in [6.07, 6.45) is 2.22. The highest BCUT2D eigenvalue weighted by Crippen LogP contribution is 2.48. The lowest BCUT2D eigenvalue weighted by Crippen LogP contribution is -2.42. The van der Waals surface area contributed by atoms with Gasteiger partial charge in [-0.2, -0.15) is 0 Å². The van der Waals surface area contributed by atoms with Gasteiger partial charge in [0.2, 0.25) is 5.69 Å². The Morgan fingerprint density at radius 1 is 0.844 bits per heavy atom. The first-order chi connectivity index (χ1) is 14.9. The van der Waals surface area contributed by atoms with Crippen LogP contribution in [-0.2, 0) is 7.05 Å². The molecule has 1 aliphatic rings. The van der Waals surface area contributed by atoms with Crippen LogP contribution in [0, 0.1) is 13.8 Å². The molecular formula is C28H34NOSi2+. The van der Waals surface area contributed by atoms with Crippen molar-refractivity contribution in [1.29, 1.82) is 0 Å². The molecule has 0 fully saturated rings. The van der Waals surface area contributed by atoms with E-state index in [1.54, 1.807) is 0 Å². The van der Waals surface area contributed by atoms with Crippen LogP contribution in [0.15, 0.2) is 42.6 Å². The summed E-state index contributed by atoms with van der Waals surface area (Å²) in [5.41, 5.74) is 5.24. The van der Waals surface area contributed by atoms with E-state index in [-0.39, 0.29) is 0 Å². The van der Waals surface area contributed by atoms with Gasteiger partial charge in [-0.3, -0.25) is 0 Å². The minimum absolute atomic E-state index is 1.03. The summed E-state index contributed by atoms with van der Waals surface area (Å²) in [6, 6.07) is 13.7. The SMILES string of the molecule is Cc1c2c(c([Si](C)(C)C)c3c(C)cccc13)Oc1cc([Si](C)(C)C)cc3cc[n+](C)c-2c13. The summed E-state index contributed by atoms with van der Waals surface area (Å²) in [5, 5.41) is 8.21. The Morgan fingerprint density at radius 3 is 2.22 bits per heavy atom. The Morgan fingerprint density at radius 2 is 1.56 bits per heavy atom. The molecule has 0 amide bonds. The first-order valence-electron chi connectivity index (χ1n) is 11.6. The Labute approximate surface area is 193 Å². The molecule has 0 bridgehead atoms. The topological polar surface area (TPSA) is 13.1 Å². The first kappa shape index (κ1) is 21.4. The normalized spacial score (nSPS) is 13.4. The standard InChI is InChI=1S/C28H34NOSi2/c1-17-11-10-12-21-18(2)24-26-25-19(13-14-29(26)3)15-20(31(4,5)6)16-22(25)30-27(24)28(23(17)21)32(7,8)9/h10-16H,1-9H3/q+1. The van der Waals surface area contributed by atoms with Gasteiger partial charge in [-0.25, -0.2) is 4.57 Å². The molecule has 2 heterocycles. The quantitative estimate of drug-likeness (QED) is 0.224. The maximum absolute atomic E-state index is 6.99. The van der Waals surface area contributed by atoms with Crippen LogP contribution in [0.3, 0.4) is 0 Å². The highest BCUT2D eigenvalue weighted by molar-refractivity contribution is 6.91. The smallest absolute Gasteiger partial charge is 0.228 e. The number of aromatic nitrogens is 1. The summed E-state index contributed by atoms with van der Waals surface area (Å²) in [6.45, 7) is 19.1. The molecule has 164 valence electrons. The summed E-state index contributed by atoms with van der Waals surface area (Å²) >= 11 is 0. The number of hydrogen-bond donors (Lipinski definition) is 0. The van der Waals surface area contributed by atoms with Gasteiger partial charge >= 0.3 is 0 Å². The molecule has 0 radical (unpaired) electrons. The average Bonchev–Trinajstić information content (AvgIpc) is 2.69. The van der Waals surface area contributed by atoms with E-state index in [1.807, 2.05) is 0 Å². The van der Waals surface area contributed by atoms with Crippen LogP contribution >= 0.6 is 0 Å². The predicted octanol–water partition coefficient (Wildman–Crippen LogP) is 6.30. The van der Waals surface area contributed by atoms with Crippen molar-refractivity contribution >= 4 is 48.1 Å². The second-order valence-electron chi connectivity index (χ2n) is 11.5. The van der Waals surface area contributed by atoms with Crippen LogP contribution in [0.5, 0.6) is 11.5 Å². The van der Waals surface area contributed by atoms with Gasteiger partial charge in [0.1, 0.15) is 18.5 Å². The number of nitrogens with zero attached hydrogens (tertiary/aromatic N) is 1. The summed E-state index contributed by atoms with van der Waals surface area (Å²) < 4.78 is 9.28. The maximum atomic E-state index is 6.99. The van der Waals surface area contributed by atoms with Crippen molar-refractivity contribution in [3.8, 4) is 22.8 Å². The van der Waals surface area contributed by atoms with Crippen LogP contribution < -0.4 is 19.7 Å². The molecule has 0 N–H and O–H groups in total. The summed E-state index contributed by atoms with van der Waals surface area (Å²) in [4.78, 5) is 0. The van der Waals surface area contributed by atoms with Crippen molar-refractivity contribution in [2.24, 2.45) is 7.05 Å². The molecule has 0 atom stereocenters. The molecule has 0 spiro atoms. The van der Waals surface area contributed by atoms with Crippen molar-refractivity contribution in [2.45, 2.75) is 53.1 Å². The molecule has 32 heavy (non-hydrogen) atoms. The number of rotatable bonds is 2. The van der Waals surface area contributed by atoms with Crippen molar-refractivity contribution in [3.05, 3.63) is 53.7 Å². The zero-order valence-electron chi connectivity index (χ0n) is 20.9. The van der Waals surface area contributed by atoms with Crippen LogP contribution in [0.25, 0.3) is 32.8 Å². The Hall–Kier alpha value is -2.44. The van der Waals surface area contributed by atoms with Gasteiger partial charge in [-0.05, 0) is 52.4 Å². The number of fused-ring (bicyclic) bond motifs is 3. The van der Waals surface area contributed by atoms with E-state index < -0.39 is 16.1 Å². The van der Waals surface area contributed by atoms with E-state index in [0.717, 1.165) is 11.5 Å². The van der Waals surface area contributed by atoms with Gasteiger partial charge in [0.05, 0.1) is 27.1 Å². The van der Waals surface area contributed by atoms with Crippen LogP contribution in [-0.4, -0.2) is 16.1 Å². The van der Waals surface area contributed by atoms with E-state index in [2.05, 4.69) is 107 Å². The zero-order chi connectivity index (χ0) is 23.2. The molecule has 1 aliphatic heterocycles. The molecule has 0 saturated heterocycles. The number of pyridine rings is 1. The van der Waals surface area contributed by atoms with Gasteiger partial charge in [0.25, 0.3) is 0 Å². The molecule has 0 unspecified atom stereocenters. The first-order valence-corrected chi connectivity index (χ1v) is 18.6. The van der Waals surface area contributed by atoms with Crippen LogP contribution in [0.1, 0.15) is 11.1 Å². The summed E-state index contributed by atoms with van der Waals surface area (Å²) in [7, 11) is -1.04. The second kappa shape index (κ2) is 6.78. The lowest BCUT2D eigenvalue weighted by molar-refractivity contribution is -0.659. The largest absolute Gasteiger partial charge is 0.456 e. The van der Waals surface area contributed by atoms with Gasteiger partial charge in [0, 0.05) is 6.07 Å². The fourth-order valence-electron chi connectivity index (χ4n) is 5.35.